The molecule has 1 aromatic heterocycles. The Morgan fingerprint density at radius 1 is 1.47 bits per heavy atom. The minimum Gasteiger partial charge on any atom is -0.493 e. The van der Waals surface area contributed by atoms with E-state index in [1.165, 1.54) is 24.2 Å². The summed E-state index contributed by atoms with van der Waals surface area (Å²) in [5.41, 5.74) is -2.74. The number of hydrogen-bond acceptors (Lipinski definition) is 10. The van der Waals surface area contributed by atoms with Crippen molar-refractivity contribution >= 4 is 7.82 Å². The number of aromatic amines is 1. The SMILES string of the molecule is [2H]C([2H])(OP1(=O)OCc2cccc(OC)c2O1)[C@@]1(F)O[C@@]([2H])(n2cc(F)c(=O)[nH]c2=O)[C@H](O)[C@@H]1O. The van der Waals surface area contributed by atoms with E-state index in [9.17, 15) is 28.8 Å². The Morgan fingerprint density at radius 2 is 2.22 bits per heavy atom. The number of phosphoric acid groups is 1. The molecule has 1 aromatic carbocycles. The van der Waals surface area contributed by atoms with Crippen molar-refractivity contribution in [2.75, 3.05) is 13.7 Å². The summed E-state index contributed by atoms with van der Waals surface area (Å²) < 4.78 is 90.8. The Hall–Kier alpha value is -2.61. The minimum atomic E-state index is -4.99. The van der Waals surface area contributed by atoms with Gasteiger partial charge in [-0.05, 0) is 6.07 Å². The van der Waals surface area contributed by atoms with Gasteiger partial charge in [0.2, 0.25) is 5.82 Å². The normalized spacial score (nSPS) is 35.8. The predicted octanol–water partition coefficient (Wildman–Crippen LogP) is 0.335. The summed E-state index contributed by atoms with van der Waals surface area (Å²) in [6, 6.07) is 4.47. The molecular weight excluding hydrogens is 461 g/mol. The minimum absolute atomic E-state index is 0.0577. The van der Waals surface area contributed by atoms with Crippen molar-refractivity contribution in [1.82, 2.24) is 9.55 Å². The van der Waals surface area contributed by atoms with E-state index in [0.717, 1.165) is 0 Å². The summed E-state index contributed by atoms with van der Waals surface area (Å²) in [4.78, 5) is 24.7. The molecule has 174 valence electrons. The Morgan fingerprint density at radius 3 is 2.94 bits per heavy atom. The molecule has 5 atom stereocenters. The van der Waals surface area contributed by atoms with Crippen LogP contribution in [0.5, 0.6) is 11.5 Å². The number of benzene rings is 1. The summed E-state index contributed by atoms with van der Waals surface area (Å²) in [6.07, 6.45) is -9.03. The highest BCUT2D eigenvalue weighted by atomic mass is 31.2. The number of aliphatic hydroxyl groups excluding tert-OH is 2. The third kappa shape index (κ3) is 3.85. The van der Waals surface area contributed by atoms with Crippen LogP contribution in [0.4, 0.5) is 8.78 Å². The van der Waals surface area contributed by atoms with E-state index in [2.05, 4.69) is 9.26 Å². The van der Waals surface area contributed by atoms with Crippen LogP contribution < -0.4 is 20.5 Å². The van der Waals surface area contributed by atoms with Gasteiger partial charge in [-0.2, -0.15) is 4.39 Å². The van der Waals surface area contributed by atoms with E-state index in [4.69, 9.17) is 17.9 Å². The van der Waals surface area contributed by atoms with Gasteiger partial charge in [-0.3, -0.25) is 23.4 Å². The van der Waals surface area contributed by atoms with Crippen LogP contribution in [0.15, 0.2) is 34.0 Å². The zero-order valence-electron chi connectivity index (χ0n) is 19.0. The summed E-state index contributed by atoms with van der Waals surface area (Å²) in [6.45, 7) is -4.42. The highest BCUT2D eigenvalue weighted by molar-refractivity contribution is 7.49. The number of ether oxygens (including phenoxy) is 2. The van der Waals surface area contributed by atoms with Crippen LogP contribution in [0.2, 0.25) is 0 Å². The molecule has 12 nitrogen and oxygen atoms in total. The highest BCUT2D eigenvalue weighted by Crippen LogP contribution is 2.57. The third-order valence-corrected chi connectivity index (χ3v) is 5.65. The van der Waals surface area contributed by atoms with Gasteiger partial charge < -0.3 is 24.2 Å². The second-order valence-electron chi connectivity index (χ2n) is 6.54. The molecule has 0 radical (unpaired) electrons. The summed E-state index contributed by atoms with van der Waals surface area (Å²) in [5.74, 6) is -5.95. The molecule has 2 aliphatic rings. The van der Waals surface area contributed by atoms with Gasteiger partial charge in [0.25, 0.3) is 11.4 Å². The number of aliphatic hydroxyl groups is 2. The Balaban J connectivity index is 1.69. The Kier molecular flexibility index (Phi) is 4.77. The lowest BCUT2D eigenvalue weighted by Crippen LogP contribution is -2.43. The van der Waals surface area contributed by atoms with Gasteiger partial charge in [-0.15, -0.1) is 0 Å². The van der Waals surface area contributed by atoms with Gasteiger partial charge in [-0.1, -0.05) is 12.1 Å². The van der Waals surface area contributed by atoms with E-state index in [1.807, 2.05) is 0 Å². The van der Waals surface area contributed by atoms with Crippen molar-refractivity contribution in [1.29, 1.82) is 0 Å². The number of aromatic nitrogens is 2. The molecule has 3 N–H and O–H groups in total. The van der Waals surface area contributed by atoms with Crippen molar-refractivity contribution in [3.63, 3.8) is 0 Å². The zero-order valence-corrected chi connectivity index (χ0v) is 16.9. The Labute approximate surface area is 181 Å². The van der Waals surface area contributed by atoms with E-state index in [1.54, 1.807) is 6.07 Å². The molecule has 3 heterocycles. The fourth-order valence-corrected chi connectivity index (χ4v) is 3.99. The number of nitrogens with one attached hydrogen (secondary N) is 1. The zero-order chi connectivity index (χ0) is 26.0. The maximum absolute atomic E-state index is 15.8. The number of rotatable bonds is 5. The first-order chi connectivity index (χ1) is 16.2. The highest BCUT2D eigenvalue weighted by Gasteiger charge is 2.57. The number of H-pyrrole nitrogens is 1. The van der Waals surface area contributed by atoms with Crippen LogP contribution in [-0.4, -0.2) is 51.5 Å². The quantitative estimate of drug-likeness (QED) is 0.508. The Bertz CT molecular complexity index is 1330. The molecule has 0 spiro atoms. The van der Waals surface area contributed by atoms with Crippen molar-refractivity contribution in [3.8, 4) is 11.5 Å². The second kappa shape index (κ2) is 8.06. The molecule has 4 rings (SSSR count). The summed E-state index contributed by atoms with van der Waals surface area (Å²) in [5, 5.41) is 20.5. The molecule has 1 unspecified atom stereocenters. The van der Waals surface area contributed by atoms with E-state index in [0.29, 0.717) is 5.56 Å². The number of methoxy groups -OCH3 is 1. The number of nitrogens with zero attached hydrogens (tertiary/aromatic N) is 1. The number of phosphoric ester groups is 1. The summed E-state index contributed by atoms with van der Waals surface area (Å²) in [7, 11) is -3.73. The molecule has 0 bridgehead atoms. The van der Waals surface area contributed by atoms with E-state index in [-0.39, 0.29) is 22.3 Å². The molecule has 0 aliphatic carbocycles. The maximum atomic E-state index is 15.8. The van der Waals surface area contributed by atoms with Crippen LogP contribution in [0, 0.1) is 5.82 Å². The molecule has 2 aromatic rings. The van der Waals surface area contributed by atoms with Crippen molar-refractivity contribution < 1.29 is 50.7 Å². The average molecular weight is 481 g/mol. The molecular formula is C17H17F2N2O10P. The fraction of sp³-hybridized carbons (Fsp3) is 0.412. The molecule has 32 heavy (non-hydrogen) atoms. The first-order valence-corrected chi connectivity index (χ1v) is 10.2. The lowest BCUT2D eigenvalue weighted by Gasteiger charge is -2.28. The second-order valence-corrected chi connectivity index (χ2v) is 8.05. The van der Waals surface area contributed by atoms with Crippen LogP contribution in [0.3, 0.4) is 0 Å². The van der Waals surface area contributed by atoms with Gasteiger partial charge in [0.15, 0.2) is 17.7 Å². The standard InChI is InChI=1S/C17H17F2N2O10P/c1-27-10-4-2-3-8-6-28-32(26,31-12(8)10)29-7-17(19)13(23)11(22)15(30-17)21-5-9(18)14(24)20-16(21)25/h2-5,11,13,15,22-23H,6-7H2,1H3,(H,20,24,25)/t11-,13+,15-,17-,32?/m1/s1/i7D2,15D. The van der Waals surface area contributed by atoms with E-state index < -0.39 is 62.3 Å². The monoisotopic (exact) mass is 481 g/mol. The number of hydrogen-bond donors (Lipinski definition) is 3. The van der Waals surface area contributed by atoms with Crippen LogP contribution >= 0.6 is 7.82 Å². The van der Waals surface area contributed by atoms with Crippen LogP contribution in [0.25, 0.3) is 0 Å². The molecule has 0 amide bonds. The van der Waals surface area contributed by atoms with Crippen LogP contribution in [-0.2, 0) is 25.0 Å². The largest absolute Gasteiger partial charge is 0.530 e. The smallest absolute Gasteiger partial charge is 0.493 e. The maximum Gasteiger partial charge on any atom is 0.530 e. The topological polar surface area (TPSA) is 159 Å². The number of fused-ring (bicyclic) bond motifs is 1. The lowest BCUT2D eigenvalue weighted by molar-refractivity contribution is -0.205. The van der Waals surface area contributed by atoms with Crippen molar-refractivity contribution in [2.24, 2.45) is 0 Å². The third-order valence-electron chi connectivity index (χ3n) is 4.48. The van der Waals surface area contributed by atoms with Crippen molar-refractivity contribution in [2.45, 2.75) is 30.9 Å². The molecule has 1 saturated heterocycles. The van der Waals surface area contributed by atoms with E-state index >= 15 is 4.39 Å². The molecule has 1 fully saturated rings. The summed E-state index contributed by atoms with van der Waals surface area (Å²) >= 11 is 0. The molecule has 0 saturated carbocycles. The number of para-hydroxylation sites is 1. The van der Waals surface area contributed by atoms with Gasteiger partial charge >= 0.3 is 13.5 Å². The van der Waals surface area contributed by atoms with Gasteiger partial charge in [-0.25, -0.2) is 13.8 Å². The first kappa shape index (κ1) is 18.9. The molecule has 2 aliphatic heterocycles. The fourth-order valence-electron chi connectivity index (χ4n) is 2.88. The number of alkyl halides is 1. The van der Waals surface area contributed by atoms with Crippen molar-refractivity contribution in [3.05, 3.63) is 56.6 Å². The first-order valence-electron chi connectivity index (χ1n) is 10.3. The lowest BCUT2D eigenvalue weighted by atomic mass is 10.1. The molecule has 15 heteroatoms. The van der Waals surface area contributed by atoms with Gasteiger partial charge in [0, 0.05) is 5.56 Å². The number of halogens is 2. The van der Waals surface area contributed by atoms with Crippen LogP contribution in [0.1, 0.15) is 15.9 Å². The average Bonchev–Trinajstić information content (AvgIpc) is 2.97. The van der Waals surface area contributed by atoms with Gasteiger partial charge in [0.05, 0.1) is 24.0 Å². The predicted molar refractivity (Wildman–Crippen MR) is 99.2 cm³/mol. The van der Waals surface area contributed by atoms with Gasteiger partial charge in [0.1, 0.15) is 18.8 Å².